The number of carbonyl (C=O) groups is 1. The van der Waals surface area contributed by atoms with Crippen LogP contribution < -0.4 is 4.74 Å². The van der Waals surface area contributed by atoms with Gasteiger partial charge in [0, 0.05) is 37.1 Å². The van der Waals surface area contributed by atoms with Crippen LogP contribution in [0.3, 0.4) is 0 Å². The van der Waals surface area contributed by atoms with E-state index in [1.807, 2.05) is 17.0 Å². The van der Waals surface area contributed by atoms with Crippen LogP contribution in [0.2, 0.25) is 0 Å². The summed E-state index contributed by atoms with van der Waals surface area (Å²) in [4.78, 5) is 19.0. The Kier molecular flexibility index (Phi) is 4.24. The predicted molar refractivity (Wildman–Crippen MR) is 95.8 cm³/mol. The molecular formula is C20H25N3O2. The van der Waals surface area contributed by atoms with E-state index in [9.17, 15) is 4.79 Å². The van der Waals surface area contributed by atoms with Crippen molar-refractivity contribution in [1.82, 2.24) is 14.5 Å². The number of amides is 1. The molecule has 0 radical (unpaired) electrons. The quantitative estimate of drug-likeness (QED) is 0.840. The molecule has 5 heteroatoms. The molecule has 0 aromatic carbocycles. The fraction of sp³-hybridized carbons (Fsp3) is 0.500. The maximum atomic E-state index is 13.0. The zero-order valence-corrected chi connectivity index (χ0v) is 14.9. The molecule has 1 saturated carbocycles. The molecule has 0 spiro atoms. The Balaban J connectivity index is 1.43. The summed E-state index contributed by atoms with van der Waals surface area (Å²) in [5.41, 5.74) is 3.14. The molecule has 4 rings (SSSR count). The second kappa shape index (κ2) is 6.54. The molecule has 1 atom stereocenters. The summed E-state index contributed by atoms with van der Waals surface area (Å²) < 4.78 is 8.26. The molecule has 25 heavy (non-hydrogen) atoms. The van der Waals surface area contributed by atoms with Crippen molar-refractivity contribution in [3.05, 3.63) is 47.5 Å². The molecule has 2 aromatic rings. The standard InChI is InChI=1S/C20H25N3O2/c1-14-10-19(15(2)23(14)12-16-5-6-16)20(24)22-9-7-18(13-22)25-17-4-3-8-21-11-17/h3-4,8,10-11,16,18H,5-7,9,12-13H2,1-2H3. The van der Waals surface area contributed by atoms with Gasteiger partial charge in [0.25, 0.3) is 5.91 Å². The maximum absolute atomic E-state index is 13.0. The number of hydrogen-bond donors (Lipinski definition) is 0. The van der Waals surface area contributed by atoms with Gasteiger partial charge in [-0.1, -0.05) is 0 Å². The number of aryl methyl sites for hydroxylation is 1. The number of carbonyl (C=O) groups excluding carboxylic acids is 1. The molecule has 3 heterocycles. The normalized spacial score (nSPS) is 20.1. The lowest BCUT2D eigenvalue weighted by Gasteiger charge is -2.17. The average molecular weight is 339 g/mol. The summed E-state index contributed by atoms with van der Waals surface area (Å²) in [6.45, 7) is 6.61. The first-order valence-corrected chi connectivity index (χ1v) is 9.14. The average Bonchev–Trinajstić information content (AvgIpc) is 3.25. The van der Waals surface area contributed by atoms with Crippen LogP contribution >= 0.6 is 0 Å². The van der Waals surface area contributed by atoms with Crippen LogP contribution in [-0.2, 0) is 6.54 Å². The Hall–Kier alpha value is -2.30. The number of pyridine rings is 1. The number of likely N-dealkylation sites (tertiary alicyclic amines) is 1. The van der Waals surface area contributed by atoms with Gasteiger partial charge in [-0.3, -0.25) is 9.78 Å². The number of rotatable bonds is 5. The summed E-state index contributed by atoms with van der Waals surface area (Å²) >= 11 is 0. The van der Waals surface area contributed by atoms with Crippen molar-refractivity contribution in [2.75, 3.05) is 13.1 Å². The van der Waals surface area contributed by atoms with Gasteiger partial charge in [-0.2, -0.15) is 0 Å². The van der Waals surface area contributed by atoms with E-state index in [-0.39, 0.29) is 12.0 Å². The molecule has 1 aliphatic heterocycles. The van der Waals surface area contributed by atoms with Gasteiger partial charge in [0.1, 0.15) is 11.9 Å². The minimum atomic E-state index is 0.0445. The molecular weight excluding hydrogens is 314 g/mol. The molecule has 2 aromatic heterocycles. The smallest absolute Gasteiger partial charge is 0.255 e. The highest BCUT2D eigenvalue weighted by Gasteiger charge is 2.31. The molecule has 1 saturated heterocycles. The molecule has 1 aliphatic carbocycles. The maximum Gasteiger partial charge on any atom is 0.255 e. The molecule has 1 amide bonds. The summed E-state index contributed by atoms with van der Waals surface area (Å²) in [6.07, 6.45) is 6.99. The minimum Gasteiger partial charge on any atom is -0.487 e. The molecule has 5 nitrogen and oxygen atoms in total. The van der Waals surface area contributed by atoms with Crippen LogP contribution in [0.5, 0.6) is 5.75 Å². The Bertz CT molecular complexity index is 765. The Morgan fingerprint density at radius 1 is 1.32 bits per heavy atom. The highest BCUT2D eigenvalue weighted by Crippen LogP contribution is 2.32. The predicted octanol–water partition coefficient (Wildman–Crippen LogP) is 3.20. The van der Waals surface area contributed by atoms with E-state index in [0.717, 1.165) is 42.4 Å². The van der Waals surface area contributed by atoms with Crippen molar-refractivity contribution >= 4 is 5.91 Å². The summed E-state index contributed by atoms with van der Waals surface area (Å²) in [5, 5.41) is 0. The molecule has 2 aliphatic rings. The van der Waals surface area contributed by atoms with Crippen molar-refractivity contribution in [1.29, 1.82) is 0 Å². The molecule has 132 valence electrons. The van der Waals surface area contributed by atoms with E-state index in [2.05, 4.69) is 29.5 Å². The summed E-state index contributed by atoms with van der Waals surface area (Å²) in [7, 11) is 0. The van der Waals surface area contributed by atoms with Gasteiger partial charge < -0.3 is 14.2 Å². The minimum absolute atomic E-state index is 0.0445. The van der Waals surface area contributed by atoms with Crippen LogP contribution in [0.15, 0.2) is 30.6 Å². The lowest BCUT2D eigenvalue weighted by molar-refractivity contribution is 0.0771. The first-order chi connectivity index (χ1) is 12.1. The summed E-state index contributed by atoms with van der Waals surface area (Å²) in [5.74, 6) is 1.70. The fourth-order valence-corrected chi connectivity index (χ4v) is 3.65. The SMILES string of the molecule is Cc1cc(C(=O)N2CCC(Oc3cccnc3)C2)c(C)n1CC1CC1. The van der Waals surface area contributed by atoms with E-state index in [4.69, 9.17) is 4.74 Å². The molecule has 1 unspecified atom stereocenters. The first-order valence-electron chi connectivity index (χ1n) is 9.14. The number of ether oxygens (including phenoxy) is 1. The van der Waals surface area contributed by atoms with Crippen LogP contribution in [0.25, 0.3) is 0 Å². The van der Waals surface area contributed by atoms with Crippen LogP contribution in [0.4, 0.5) is 0 Å². The van der Waals surface area contributed by atoms with Crippen LogP contribution in [0, 0.1) is 19.8 Å². The second-order valence-corrected chi connectivity index (χ2v) is 7.31. The number of aromatic nitrogens is 2. The third-order valence-electron chi connectivity index (χ3n) is 5.31. The highest BCUT2D eigenvalue weighted by atomic mass is 16.5. The third-order valence-corrected chi connectivity index (χ3v) is 5.31. The monoisotopic (exact) mass is 339 g/mol. The Labute approximate surface area is 148 Å². The number of nitrogens with zero attached hydrogens (tertiary/aromatic N) is 3. The van der Waals surface area contributed by atoms with Crippen molar-refractivity contribution in [2.24, 2.45) is 5.92 Å². The highest BCUT2D eigenvalue weighted by molar-refractivity contribution is 5.96. The van der Waals surface area contributed by atoms with Gasteiger partial charge in [0.2, 0.25) is 0 Å². The number of hydrogen-bond acceptors (Lipinski definition) is 3. The van der Waals surface area contributed by atoms with Gasteiger partial charge >= 0.3 is 0 Å². The molecule has 2 fully saturated rings. The van der Waals surface area contributed by atoms with Crippen LogP contribution in [-0.4, -0.2) is 39.6 Å². The van der Waals surface area contributed by atoms with E-state index in [1.165, 1.54) is 18.5 Å². The topological polar surface area (TPSA) is 47.4 Å². The van der Waals surface area contributed by atoms with Gasteiger partial charge in [0.05, 0.1) is 18.3 Å². The second-order valence-electron chi connectivity index (χ2n) is 7.31. The third kappa shape index (κ3) is 3.41. The van der Waals surface area contributed by atoms with Crippen molar-refractivity contribution in [3.63, 3.8) is 0 Å². The Morgan fingerprint density at radius 2 is 2.16 bits per heavy atom. The zero-order valence-electron chi connectivity index (χ0n) is 14.9. The lowest BCUT2D eigenvalue weighted by Crippen LogP contribution is -2.31. The largest absolute Gasteiger partial charge is 0.487 e. The van der Waals surface area contributed by atoms with E-state index in [0.29, 0.717) is 6.54 Å². The van der Waals surface area contributed by atoms with E-state index >= 15 is 0 Å². The van der Waals surface area contributed by atoms with Crippen LogP contribution in [0.1, 0.15) is 41.0 Å². The first kappa shape index (κ1) is 16.2. The van der Waals surface area contributed by atoms with E-state index < -0.39 is 0 Å². The van der Waals surface area contributed by atoms with Gasteiger partial charge in [-0.25, -0.2) is 0 Å². The Morgan fingerprint density at radius 3 is 2.88 bits per heavy atom. The van der Waals surface area contributed by atoms with Crippen molar-refractivity contribution in [3.8, 4) is 5.75 Å². The van der Waals surface area contributed by atoms with Crippen molar-refractivity contribution < 1.29 is 9.53 Å². The molecule has 0 bridgehead atoms. The molecule has 0 N–H and O–H groups in total. The van der Waals surface area contributed by atoms with Gasteiger partial charge in [-0.05, 0) is 50.8 Å². The zero-order chi connectivity index (χ0) is 17.4. The van der Waals surface area contributed by atoms with Gasteiger partial charge in [-0.15, -0.1) is 0 Å². The fourth-order valence-electron chi connectivity index (χ4n) is 3.65. The lowest BCUT2D eigenvalue weighted by atomic mass is 10.2. The van der Waals surface area contributed by atoms with Gasteiger partial charge in [0.15, 0.2) is 0 Å². The van der Waals surface area contributed by atoms with Crippen molar-refractivity contribution in [2.45, 2.75) is 45.8 Å². The van der Waals surface area contributed by atoms with E-state index in [1.54, 1.807) is 12.4 Å². The summed E-state index contributed by atoms with van der Waals surface area (Å²) in [6, 6.07) is 5.82.